The zero-order chi connectivity index (χ0) is 20.6. The van der Waals surface area contributed by atoms with Gasteiger partial charge < -0.3 is 10.1 Å². The summed E-state index contributed by atoms with van der Waals surface area (Å²) in [7, 11) is 1.71. The summed E-state index contributed by atoms with van der Waals surface area (Å²) in [5.41, 5.74) is 5.26. The summed E-state index contributed by atoms with van der Waals surface area (Å²) >= 11 is 0. The van der Waals surface area contributed by atoms with E-state index < -0.39 is 0 Å². The molecule has 30 heavy (non-hydrogen) atoms. The lowest BCUT2D eigenvalue weighted by molar-refractivity contribution is 0.292. The Morgan fingerprint density at radius 2 is 1.77 bits per heavy atom. The Hall–Kier alpha value is -3.04. The molecule has 0 amide bonds. The maximum Gasteiger partial charge on any atom is 0.118 e. The van der Waals surface area contributed by atoms with Gasteiger partial charge in [-0.2, -0.15) is 0 Å². The van der Waals surface area contributed by atoms with E-state index in [2.05, 4.69) is 102 Å². The second-order valence-corrected chi connectivity index (χ2v) is 8.43. The maximum atomic E-state index is 5.39. The van der Waals surface area contributed by atoms with E-state index in [9.17, 15) is 0 Å². The molecule has 152 valence electrons. The van der Waals surface area contributed by atoms with Gasteiger partial charge in [0.2, 0.25) is 0 Å². The van der Waals surface area contributed by atoms with Crippen LogP contribution in [0.3, 0.4) is 0 Å². The van der Waals surface area contributed by atoms with Gasteiger partial charge in [0.05, 0.1) is 13.2 Å². The van der Waals surface area contributed by atoms with Gasteiger partial charge in [0, 0.05) is 36.7 Å². The lowest BCUT2D eigenvalue weighted by atomic mass is 9.67. The molecule has 1 spiro atoms. The second-order valence-electron chi connectivity index (χ2n) is 8.43. The minimum atomic E-state index is -0.0400. The fraction of sp³-hybridized carbons (Fsp3) is 0.259. The summed E-state index contributed by atoms with van der Waals surface area (Å²) in [5.74, 6) is 1.25. The molecule has 3 heteroatoms. The molecule has 3 aromatic carbocycles. The Bertz CT molecular complexity index is 1030. The first-order chi connectivity index (χ1) is 14.7. The molecule has 2 aliphatic heterocycles. The first-order valence-corrected chi connectivity index (χ1v) is 10.6. The van der Waals surface area contributed by atoms with Gasteiger partial charge in [-0.3, -0.25) is 4.90 Å². The van der Waals surface area contributed by atoms with E-state index >= 15 is 0 Å². The number of rotatable bonds is 5. The van der Waals surface area contributed by atoms with Crippen molar-refractivity contribution in [1.29, 1.82) is 0 Å². The van der Waals surface area contributed by atoms with Crippen LogP contribution in [-0.4, -0.2) is 25.1 Å². The van der Waals surface area contributed by atoms with Gasteiger partial charge in [0.15, 0.2) is 0 Å². The van der Waals surface area contributed by atoms with E-state index in [1.54, 1.807) is 7.11 Å². The molecule has 2 heterocycles. The number of para-hydroxylation sites is 1. The van der Waals surface area contributed by atoms with Crippen molar-refractivity contribution < 1.29 is 4.74 Å². The number of likely N-dealkylation sites (tertiary alicyclic amines) is 1. The molecular formula is C27H28N2O. The molecule has 1 N–H and O–H groups in total. The van der Waals surface area contributed by atoms with Crippen LogP contribution >= 0.6 is 0 Å². The fourth-order valence-electron chi connectivity index (χ4n) is 5.46. The van der Waals surface area contributed by atoms with Gasteiger partial charge in [0.1, 0.15) is 5.75 Å². The van der Waals surface area contributed by atoms with Crippen molar-refractivity contribution in [2.75, 3.05) is 25.5 Å². The Morgan fingerprint density at radius 1 is 1.03 bits per heavy atom. The molecule has 0 saturated carbocycles. The lowest BCUT2D eigenvalue weighted by Gasteiger charge is -2.36. The Labute approximate surface area is 179 Å². The van der Waals surface area contributed by atoms with Crippen LogP contribution in [-0.2, 0) is 12.0 Å². The van der Waals surface area contributed by atoms with Crippen LogP contribution in [0.5, 0.6) is 5.75 Å². The normalized spacial score (nSPS) is 25.1. The molecule has 5 rings (SSSR count). The number of hydrogen-bond acceptors (Lipinski definition) is 3. The smallest absolute Gasteiger partial charge is 0.118 e. The Balaban J connectivity index is 1.56. The molecular weight excluding hydrogens is 368 g/mol. The van der Waals surface area contributed by atoms with Gasteiger partial charge in [-0.1, -0.05) is 66.7 Å². The average Bonchev–Trinajstić information content (AvgIpc) is 3.33. The minimum Gasteiger partial charge on any atom is -0.497 e. The average molecular weight is 397 g/mol. The van der Waals surface area contributed by atoms with Crippen LogP contribution in [0, 0.1) is 5.92 Å². The van der Waals surface area contributed by atoms with Crippen molar-refractivity contribution in [3.8, 4) is 5.75 Å². The second kappa shape index (κ2) is 7.66. The number of hydrogen-bond donors (Lipinski definition) is 1. The van der Waals surface area contributed by atoms with Crippen molar-refractivity contribution in [3.63, 3.8) is 0 Å². The first-order valence-electron chi connectivity index (χ1n) is 10.6. The maximum absolute atomic E-state index is 5.39. The van der Waals surface area contributed by atoms with Crippen molar-refractivity contribution >= 4 is 5.69 Å². The van der Waals surface area contributed by atoms with E-state index in [1.165, 1.54) is 22.4 Å². The molecule has 1 fully saturated rings. The standard InChI is InChI=1S/C27H28N2O/c1-3-22-18-29(17-20-9-5-4-6-10-20)19-27(22)24-11-7-8-12-25(24)28-26(27)21-13-15-23(30-2)16-14-21/h3-16,22,26,28H,1,17-19H2,2H3/t22-,26-,27+/m0/s1. The van der Waals surface area contributed by atoms with Gasteiger partial charge in [0.25, 0.3) is 0 Å². The third-order valence-electron chi connectivity index (χ3n) is 6.83. The van der Waals surface area contributed by atoms with Gasteiger partial charge in [-0.05, 0) is 34.9 Å². The van der Waals surface area contributed by atoms with Gasteiger partial charge in [-0.15, -0.1) is 6.58 Å². The van der Waals surface area contributed by atoms with E-state index in [1.807, 2.05) is 0 Å². The number of nitrogens with zero attached hydrogens (tertiary/aromatic N) is 1. The molecule has 0 unspecified atom stereocenters. The van der Waals surface area contributed by atoms with Crippen LogP contribution in [0.4, 0.5) is 5.69 Å². The molecule has 3 atom stereocenters. The van der Waals surface area contributed by atoms with E-state index in [0.29, 0.717) is 5.92 Å². The molecule has 0 radical (unpaired) electrons. The summed E-state index contributed by atoms with van der Waals surface area (Å²) in [5, 5.41) is 3.85. The minimum absolute atomic E-state index is 0.0400. The topological polar surface area (TPSA) is 24.5 Å². The van der Waals surface area contributed by atoms with Crippen molar-refractivity contribution in [2.24, 2.45) is 5.92 Å². The molecule has 0 aliphatic carbocycles. The number of methoxy groups -OCH3 is 1. The van der Waals surface area contributed by atoms with Crippen LogP contribution in [0.2, 0.25) is 0 Å². The summed E-state index contributed by atoms with van der Waals surface area (Å²) in [6, 6.07) is 28.3. The summed E-state index contributed by atoms with van der Waals surface area (Å²) in [6.07, 6.45) is 2.17. The van der Waals surface area contributed by atoms with Crippen molar-refractivity contribution in [2.45, 2.75) is 18.0 Å². The SMILES string of the molecule is C=C[C@H]1CN(Cc2ccccc2)C[C@]12c1ccccc1N[C@H]2c1ccc(OC)cc1. The molecule has 3 aromatic rings. The van der Waals surface area contributed by atoms with Crippen molar-refractivity contribution in [3.05, 3.63) is 108 Å². The highest BCUT2D eigenvalue weighted by Crippen LogP contribution is 2.56. The monoisotopic (exact) mass is 396 g/mol. The Kier molecular flexibility index (Phi) is 4.84. The number of nitrogens with one attached hydrogen (secondary N) is 1. The molecule has 1 saturated heterocycles. The van der Waals surface area contributed by atoms with Crippen LogP contribution in [0.1, 0.15) is 22.7 Å². The zero-order valence-corrected chi connectivity index (χ0v) is 17.4. The third-order valence-corrected chi connectivity index (χ3v) is 6.83. The van der Waals surface area contributed by atoms with Crippen LogP contribution in [0.25, 0.3) is 0 Å². The highest BCUT2D eigenvalue weighted by molar-refractivity contribution is 5.65. The molecule has 2 aliphatic rings. The number of fused-ring (bicyclic) bond motifs is 2. The fourth-order valence-corrected chi connectivity index (χ4v) is 5.46. The van der Waals surface area contributed by atoms with Crippen molar-refractivity contribution in [1.82, 2.24) is 4.90 Å². The van der Waals surface area contributed by atoms with E-state index in [-0.39, 0.29) is 11.5 Å². The number of ether oxygens (including phenoxy) is 1. The molecule has 0 bridgehead atoms. The molecule has 0 aromatic heterocycles. The number of benzene rings is 3. The predicted molar refractivity (Wildman–Crippen MR) is 123 cm³/mol. The summed E-state index contributed by atoms with van der Waals surface area (Å²) in [6.45, 7) is 7.23. The molecule has 3 nitrogen and oxygen atoms in total. The summed E-state index contributed by atoms with van der Waals surface area (Å²) in [4.78, 5) is 2.59. The van der Waals surface area contributed by atoms with E-state index in [4.69, 9.17) is 4.74 Å². The quantitative estimate of drug-likeness (QED) is 0.583. The summed E-state index contributed by atoms with van der Waals surface area (Å²) < 4.78 is 5.39. The van der Waals surface area contributed by atoms with Gasteiger partial charge >= 0.3 is 0 Å². The van der Waals surface area contributed by atoms with Gasteiger partial charge in [-0.25, -0.2) is 0 Å². The highest BCUT2D eigenvalue weighted by atomic mass is 16.5. The van der Waals surface area contributed by atoms with Crippen LogP contribution < -0.4 is 10.1 Å². The predicted octanol–water partition coefficient (Wildman–Crippen LogP) is 5.42. The highest BCUT2D eigenvalue weighted by Gasteiger charge is 2.56. The van der Waals surface area contributed by atoms with E-state index in [0.717, 1.165) is 25.4 Å². The lowest BCUT2D eigenvalue weighted by Crippen LogP contribution is -2.39. The number of anilines is 1. The van der Waals surface area contributed by atoms with Crippen LogP contribution in [0.15, 0.2) is 91.5 Å². The first kappa shape index (κ1) is 19.0. The zero-order valence-electron chi connectivity index (χ0n) is 17.4. The largest absolute Gasteiger partial charge is 0.497 e. The Morgan fingerprint density at radius 3 is 2.50 bits per heavy atom. The third kappa shape index (κ3) is 3.01.